The second-order valence-corrected chi connectivity index (χ2v) is 6.11. The van der Waals surface area contributed by atoms with Crippen LogP contribution in [0, 0.1) is 0 Å². The van der Waals surface area contributed by atoms with E-state index in [1.54, 1.807) is 0 Å². The van der Waals surface area contributed by atoms with Crippen LogP contribution in [-0.4, -0.2) is 9.78 Å². The summed E-state index contributed by atoms with van der Waals surface area (Å²) in [6.45, 7) is 5.24. The van der Waals surface area contributed by atoms with Crippen molar-refractivity contribution < 1.29 is 0 Å². The number of halogens is 2. The lowest BCUT2D eigenvalue weighted by Crippen LogP contribution is -2.08. The Balaban J connectivity index is 2.32. The molecule has 0 N–H and O–H groups in total. The van der Waals surface area contributed by atoms with Gasteiger partial charge in [-0.3, -0.25) is 4.68 Å². The lowest BCUT2D eigenvalue weighted by molar-refractivity contribution is 0.615. The first-order valence-corrected chi connectivity index (χ1v) is 7.88. The van der Waals surface area contributed by atoms with E-state index in [1.165, 1.54) is 16.8 Å². The lowest BCUT2D eigenvalue weighted by Gasteiger charge is -2.12. The van der Waals surface area contributed by atoms with E-state index in [-0.39, 0.29) is 0 Å². The van der Waals surface area contributed by atoms with Gasteiger partial charge in [-0.1, -0.05) is 57.8 Å². The molecule has 0 atom stereocenters. The number of hydrogen-bond acceptors (Lipinski definition) is 1. The highest BCUT2D eigenvalue weighted by atomic mass is 79.9. The summed E-state index contributed by atoms with van der Waals surface area (Å²) in [7, 11) is 0. The Labute approximate surface area is 125 Å². The van der Waals surface area contributed by atoms with Crippen molar-refractivity contribution in [3.63, 3.8) is 0 Å². The van der Waals surface area contributed by atoms with E-state index in [2.05, 4.69) is 73.7 Å². The monoisotopic (exact) mass is 370 g/mol. The second-order valence-electron chi connectivity index (χ2n) is 4.63. The van der Waals surface area contributed by atoms with E-state index in [1.807, 2.05) is 12.3 Å². The summed E-state index contributed by atoms with van der Waals surface area (Å²) in [5.41, 5.74) is 3.85. The Morgan fingerprint density at radius 2 is 2.11 bits per heavy atom. The van der Waals surface area contributed by atoms with Gasteiger partial charge in [0, 0.05) is 21.1 Å². The third-order valence-electron chi connectivity index (χ3n) is 2.87. The summed E-state index contributed by atoms with van der Waals surface area (Å²) in [6, 6.07) is 8.37. The molecule has 0 spiro atoms. The molecule has 0 saturated carbocycles. The molecule has 96 valence electrons. The normalized spacial score (nSPS) is 11.2. The minimum Gasteiger partial charge on any atom is -0.265 e. The third-order valence-corrected chi connectivity index (χ3v) is 3.97. The Kier molecular flexibility index (Phi) is 4.62. The highest BCUT2D eigenvalue weighted by molar-refractivity contribution is 9.10. The van der Waals surface area contributed by atoms with Gasteiger partial charge in [-0.05, 0) is 23.6 Å². The largest absolute Gasteiger partial charge is 0.265 e. The maximum atomic E-state index is 4.50. The summed E-state index contributed by atoms with van der Waals surface area (Å²) in [5, 5.41) is 5.36. The fraction of sp³-hybridized carbons (Fsp3) is 0.357. The molecular weight excluding hydrogens is 356 g/mol. The Bertz CT molecular complexity index is 532. The molecule has 4 heteroatoms. The van der Waals surface area contributed by atoms with E-state index < -0.39 is 0 Å². The van der Waals surface area contributed by atoms with Crippen molar-refractivity contribution in [1.82, 2.24) is 9.78 Å². The van der Waals surface area contributed by atoms with Crippen molar-refractivity contribution in [3.05, 3.63) is 51.8 Å². The standard InChI is InChI=1S/C14H16Br2N2/c1-10(2)14-12(7-15)8-17-18(14)9-11-4-3-5-13(16)6-11/h3-6,8,10H,7,9H2,1-2H3. The van der Waals surface area contributed by atoms with Gasteiger partial charge in [0.05, 0.1) is 12.7 Å². The quantitative estimate of drug-likeness (QED) is 0.711. The first-order chi connectivity index (χ1) is 8.61. The van der Waals surface area contributed by atoms with Gasteiger partial charge in [-0.2, -0.15) is 5.10 Å². The van der Waals surface area contributed by atoms with Gasteiger partial charge < -0.3 is 0 Å². The summed E-state index contributed by atoms with van der Waals surface area (Å²) < 4.78 is 3.21. The van der Waals surface area contributed by atoms with Gasteiger partial charge in [0.2, 0.25) is 0 Å². The minimum absolute atomic E-state index is 0.479. The summed E-state index contributed by atoms with van der Waals surface area (Å²) in [4.78, 5) is 0. The Hall–Kier alpha value is -0.610. The molecule has 1 aromatic carbocycles. The van der Waals surface area contributed by atoms with E-state index in [9.17, 15) is 0 Å². The number of benzene rings is 1. The average Bonchev–Trinajstić information content (AvgIpc) is 2.72. The molecule has 0 bridgehead atoms. The maximum Gasteiger partial charge on any atom is 0.0663 e. The summed E-state index contributed by atoms with van der Waals surface area (Å²) >= 11 is 7.03. The highest BCUT2D eigenvalue weighted by Gasteiger charge is 2.13. The number of rotatable bonds is 4. The van der Waals surface area contributed by atoms with Crippen LogP contribution in [0.3, 0.4) is 0 Å². The van der Waals surface area contributed by atoms with Crippen LogP contribution >= 0.6 is 31.9 Å². The highest BCUT2D eigenvalue weighted by Crippen LogP contribution is 2.23. The predicted octanol–water partition coefficient (Wildman–Crippen LogP) is 4.71. The SMILES string of the molecule is CC(C)c1c(CBr)cnn1Cc1cccc(Br)c1. The molecule has 1 aromatic heterocycles. The predicted molar refractivity (Wildman–Crippen MR) is 82.2 cm³/mol. The summed E-state index contributed by atoms with van der Waals surface area (Å²) in [5.74, 6) is 0.479. The van der Waals surface area contributed by atoms with Gasteiger partial charge in [-0.15, -0.1) is 0 Å². The molecule has 0 unspecified atom stereocenters. The van der Waals surface area contributed by atoms with E-state index in [4.69, 9.17) is 0 Å². The first-order valence-electron chi connectivity index (χ1n) is 5.96. The van der Waals surface area contributed by atoms with Gasteiger partial charge in [0.15, 0.2) is 0 Å². The second kappa shape index (κ2) is 6.02. The molecule has 0 aliphatic heterocycles. The fourth-order valence-electron chi connectivity index (χ4n) is 2.14. The molecule has 0 amide bonds. The van der Waals surface area contributed by atoms with Gasteiger partial charge in [-0.25, -0.2) is 0 Å². The van der Waals surface area contributed by atoms with Crippen LogP contribution in [0.2, 0.25) is 0 Å². The molecule has 0 saturated heterocycles. The van der Waals surface area contributed by atoms with Gasteiger partial charge in [0.1, 0.15) is 0 Å². The molecule has 2 nitrogen and oxygen atoms in total. The van der Waals surface area contributed by atoms with Crippen LogP contribution in [0.1, 0.15) is 36.6 Å². The van der Waals surface area contributed by atoms with Crippen LogP contribution in [0.5, 0.6) is 0 Å². The van der Waals surface area contributed by atoms with Crippen molar-refractivity contribution in [2.24, 2.45) is 0 Å². The van der Waals surface area contributed by atoms with Crippen molar-refractivity contribution in [2.45, 2.75) is 31.6 Å². The van der Waals surface area contributed by atoms with Gasteiger partial charge in [0.25, 0.3) is 0 Å². The third kappa shape index (κ3) is 3.04. The molecule has 2 rings (SSSR count). The van der Waals surface area contributed by atoms with Crippen LogP contribution < -0.4 is 0 Å². The summed E-state index contributed by atoms with van der Waals surface area (Å²) in [6.07, 6.45) is 1.96. The zero-order valence-electron chi connectivity index (χ0n) is 10.5. The van der Waals surface area contributed by atoms with Crippen molar-refractivity contribution in [2.75, 3.05) is 0 Å². The molecule has 1 heterocycles. The first kappa shape index (κ1) is 13.8. The molecule has 0 aliphatic carbocycles. The number of alkyl halides is 1. The molecule has 0 aliphatic rings. The Morgan fingerprint density at radius 3 is 2.72 bits per heavy atom. The van der Waals surface area contributed by atoms with E-state index in [0.717, 1.165) is 16.3 Å². The molecule has 0 radical (unpaired) electrons. The molecule has 0 fully saturated rings. The van der Waals surface area contributed by atoms with Crippen LogP contribution in [0.25, 0.3) is 0 Å². The van der Waals surface area contributed by atoms with Crippen LogP contribution in [0.4, 0.5) is 0 Å². The molecular formula is C14H16Br2N2. The minimum atomic E-state index is 0.479. The molecule has 2 aromatic rings. The zero-order valence-corrected chi connectivity index (χ0v) is 13.7. The average molecular weight is 372 g/mol. The van der Waals surface area contributed by atoms with Crippen molar-refractivity contribution in [3.8, 4) is 0 Å². The number of hydrogen-bond donors (Lipinski definition) is 0. The van der Waals surface area contributed by atoms with Crippen LogP contribution in [-0.2, 0) is 11.9 Å². The zero-order chi connectivity index (χ0) is 13.1. The number of nitrogens with zero attached hydrogens (tertiary/aromatic N) is 2. The smallest absolute Gasteiger partial charge is 0.0663 e. The van der Waals surface area contributed by atoms with E-state index >= 15 is 0 Å². The molecule has 18 heavy (non-hydrogen) atoms. The Morgan fingerprint density at radius 1 is 1.33 bits per heavy atom. The maximum absolute atomic E-state index is 4.50. The van der Waals surface area contributed by atoms with Gasteiger partial charge >= 0.3 is 0 Å². The topological polar surface area (TPSA) is 17.8 Å². The van der Waals surface area contributed by atoms with Crippen LogP contribution in [0.15, 0.2) is 34.9 Å². The lowest BCUT2D eigenvalue weighted by atomic mass is 10.1. The number of aromatic nitrogens is 2. The van der Waals surface area contributed by atoms with E-state index in [0.29, 0.717) is 5.92 Å². The fourth-order valence-corrected chi connectivity index (χ4v) is 3.02. The van der Waals surface area contributed by atoms with Crippen molar-refractivity contribution in [1.29, 1.82) is 0 Å². The van der Waals surface area contributed by atoms with Crippen molar-refractivity contribution >= 4 is 31.9 Å².